The summed E-state index contributed by atoms with van der Waals surface area (Å²) < 4.78 is 9.96. The van der Waals surface area contributed by atoms with Crippen LogP contribution >= 0.6 is 23.2 Å². The summed E-state index contributed by atoms with van der Waals surface area (Å²) in [5.74, 6) is -1.23. The van der Waals surface area contributed by atoms with Crippen molar-refractivity contribution in [2.24, 2.45) is 0 Å². The van der Waals surface area contributed by atoms with Crippen LogP contribution in [0.5, 0.6) is 0 Å². The van der Waals surface area contributed by atoms with Crippen molar-refractivity contribution in [2.75, 3.05) is 13.2 Å². The van der Waals surface area contributed by atoms with Gasteiger partial charge in [-0.1, -0.05) is 23.2 Å². The fraction of sp³-hybridized carbons (Fsp3) is 0.235. The Morgan fingerprint density at radius 3 is 2.65 bits per heavy atom. The van der Waals surface area contributed by atoms with Gasteiger partial charge >= 0.3 is 5.97 Å². The normalized spacial score (nSPS) is 11.5. The van der Waals surface area contributed by atoms with Crippen molar-refractivity contribution in [1.82, 2.24) is 10.6 Å². The van der Waals surface area contributed by atoms with Gasteiger partial charge in [-0.3, -0.25) is 14.4 Å². The number of carbonyl (C=O) groups excluding carboxylic acids is 3. The zero-order valence-electron chi connectivity index (χ0n) is 13.8. The largest absolute Gasteiger partial charge is 0.467 e. The number of benzene rings is 1. The molecule has 0 saturated carbocycles. The molecule has 2 rings (SSSR count). The lowest BCUT2D eigenvalue weighted by Crippen LogP contribution is -2.34. The minimum atomic E-state index is -0.760. The van der Waals surface area contributed by atoms with E-state index in [2.05, 4.69) is 10.6 Å². The van der Waals surface area contributed by atoms with Crippen molar-refractivity contribution in [3.63, 3.8) is 0 Å². The first-order chi connectivity index (χ1) is 12.4. The van der Waals surface area contributed by atoms with Crippen LogP contribution in [0.3, 0.4) is 0 Å². The fourth-order valence-electron chi connectivity index (χ4n) is 2.01. The third-order valence-corrected chi connectivity index (χ3v) is 3.83. The first-order valence-electron chi connectivity index (χ1n) is 7.58. The number of ether oxygens (including phenoxy) is 1. The van der Waals surface area contributed by atoms with Gasteiger partial charge in [-0.05, 0) is 37.3 Å². The Labute approximate surface area is 159 Å². The molecule has 9 heteroatoms. The second-order valence-corrected chi connectivity index (χ2v) is 6.12. The maximum Gasteiger partial charge on any atom is 0.325 e. The van der Waals surface area contributed by atoms with Crippen LogP contribution < -0.4 is 10.6 Å². The van der Waals surface area contributed by atoms with Gasteiger partial charge in [0, 0.05) is 5.02 Å². The molecule has 0 unspecified atom stereocenters. The second-order valence-electron chi connectivity index (χ2n) is 5.27. The predicted octanol–water partition coefficient (Wildman–Crippen LogP) is 2.74. The number of amides is 2. The molecule has 0 radical (unpaired) electrons. The summed E-state index contributed by atoms with van der Waals surface area (Å²) in [6, 6.07) is 7.42. The first kappa shape index (κ1) is 19.8. The number of rotatable bonds is 7. The fourth-order valence-corrected chi connectivity index (χ4v) is 2.50. The van der Waals surface area contributed by atoms with E-state index in [1.807, 2.05) is 0 Å². The van der Waals surface area contributed by atoms with Gasteiger partial charge in [0.2, 0.25) is 0 Å². The summed E-state index contributed by atoms with van der Waals surface area (Å²) in [7, 11) is 0. The highest BCUT2D eigenvalue weighted by Gasteiger charge is 2.15. The molecule has 7 nitrogen and oxygen atoms in total. The molecule has 0 aliphatic heterocycles. The smallest absolute Gasteiger partial charge is 0.325 e. The van der Waals surface area contributed by atoms with Gasteiger partial charge in [0.05, 0.1) is 22.9 Å². The molecule has 0 bridgehead atoms. The molecule has 2 amide bonds. The van der Waals surface area contributed by atoms with Crippen LogP contribution in [-0.4, -0.2) is 30.9 Å². The quantitative estimate of drug-likeness (QED) is 0.698. The van der Waals surface area contributed by atoms with Crippen LogP contribution in [0.2, 0.25) is 10.0 Å². The van der Waals surface area contributed by atoms with E-state index in [0.29, 0.717) is 10.8 Å². The van der Waals surface area contributed by atoms with Crippen molar-refractivity contribution >= 4 is 41.0 Å². The molecule has 1 heterocycles. The van der Waals surface area contributed by atoms with Crippen LogP contribution in [0.25, 0.3) is 0 Å². The number of halogens is 2. The molecule has 1 aromatic heterocycles. The summed E-state index contributed by atoms with van der Waals surface area (Å²) in [5.41, 5.74) is 0.175. The molecule has 0 fully saturated rings. The van der Waals surface area contributed by atoms with E-state index in [9.17, 15) is 14.4 Å². The van der Waals surface area contributed by atoms with Crippen molar-refractivity contribution in [3.05, 3.63) is 58.0 Å². The Morgan fingerprint density at radius 2 is 2.00 bits per heavy atom. The van der Waals surface area contributed by atoms with Gasteiger partial charge < -0.3 is 19.8 Å². The van der Waals surface area contributed by atoms with Crippen molar-refractivity contribution in [1.29, 1.82) is 0 Å². The van der Waals surface area contributed by atoms with Gasteiger partial charge in [0.15, 0.2) is 6.61 Å². The zero-order chi connectivity index (χ0) is 19.1. The molecule has 1 aromatic carbocycles. The monoisotopic (exact) mass is 398 g/mol. The molecule has 0 saturated heterocycles. The van der Waals surface area contributed by atoms with Crippen LogP contribution in [0.4, 0.5) is 0 Å². The van der Waals surface area contributed by atoms with Crippen molar-refractivity contribution in [3.8, 4) is 0 Å². The summed E-state index contributed by atoms with van der Waals surface area (Å²) in [6.07, 6.45) is 1.49. The van der Waals surface area contributed by atoms with Crippen molar-refractivity contribution < 1.29 is 23.5 Å². The van der Waals surface area contributed by atoms with Gasteiger partial charge in [0.1, 0.15) is 12.3 Å². The van der Waals surface area contributed by atoms with Crippen LogP contribution in [-0.2, 0) is 14.3 Å². The maximum absolute atomic E-state index is 12.0. The van der Waals surface area contributed by atoms with E-state index in [0.717, 1.165) is 0 Å². The highest BCUT2D eigenvalue weighted by atomic mass is 35.5. The predicted molar refractivity (Wildman–Crippen MR) is 95.0 cm³/mol. The summed E-state index contributed by atoms with van der Waals surface area (Å²) in [6.45, 7) is 0.856. The van der Waals surface area contributed by atoms with E-state index in [1.54, 1.807) is 19.1 Å². The number of esters is 1. The molecular weight excluding hydrogens is 383 g/mol. The molecule has 26 heavy (non-hydrogen) atoms. The second kappa shape index (κ2) is 9.26. The standard InChI is InChI=1S/C17H16Cl2N2O5/c1-10(14-3-2-6-25-14)21-15(22)9-26-16(23)8-20-17(24)12-5-4-11(18)7-13(12)19/h2-7,10H,8-9H2,1H3,(H,20,24)(H,21,22)/t10-/m0/s1. The Bertz CT molecular complexity index is 792. The Hall–Kier alpha value is -2.51. The van der Waals surface area contributed by atoms with E-state index < -0.39 is 30.9 Å². The molecule has 2 N–H and O–H groups in total. The maximum atomic E-state index is 12.0. The highest BCUT2D eigenvalue weighted by molar-refractivity contribution is 6.36. The minimum Gasteiger partial charge on any atom is -0.467 e. The van der Waals surface area contributed by atoms with E-state index in [-0.39, 0.29) is 16.6 Å². The molecule has 0 aliphatic carbocycles. The minimum absolute atomic E-state index is 0.162. The first-order valence-corrected chi connectivity index (χ1v) is 8.34. The van der Waals surface area contributed by atoms with Crippen LogP contribution in [0, 0.1) is 0 Å². The molecular formula is C17H16Cl2N2O5. The summed E-state index contributed by atoms with van der Waals surface area (Å²) >= 11 is 11.7. The van der Waals surface area contributed by atoms with E-state index in [1.165, 1.54) is 24.5 Å². The van der Waals surface area contributed by atoms with Crippen LogP contribution in [0.15, 0.2) is 41.0 Å². The van der Waals surface area contributed by atoms with Gasteiger partial charge in [0.25, 0.3) is 11.8 Å². The third-order valence-electron chi connectivity index (χ3n) is 3.28. The highest BCUT2D eigenvalue weighted by Crippen LogP contribution is 2.20. The number of furan rings is 1. The third kappa shape index (κ3) is 5.79. The number of nitrogens with one attached hydrogen (secondary N) is 2. The number of hydrogen-bond acceptors (Lipinski definition) is 5. The van der Waals surface area contributed by atoms with Crippen molar-refractivity contribution in [2.45, 2.75) is 13.0 Å². The molecule has 1 atom stereocenters. The number of carbonyl (C=O) groups is 3. The Balaban J connectivity index is 1.73. The van der Waals surface area contributed by atoms with E-state index in [4.69, 9.17) is 32.4 Å². The zero-order valence-corrected chi connectivity index (χ0v) is 15.3. The van der Waals surface area contributed by atoms with Gasteiger partial charge in [-0.15, -0.1) is 0 Å². The average Bonchev–Trinajstić information content (AvgIpc) is 3.12. The molecule has 0 spiro atoms. The summed E-state index contributed by atoms with van der Waals surface area (Å²) in [5, 5.41) is 5.52. The lowest BCUT2D eigenvalue weighted by Gasteiger charge is -2.12. The van der Waals surface area contributed by atoms with Crippen LogP contribution in [0.1, 0.15) is 29.1 Å². The van der Waals surface area contributed by atoms with E-state index >= 15 is 0 Å². The van der Waals surface area contributed by atoms with Gasteiger partial charge in [-0.25, -0.2) is 0 Å². The SMILES string of the molecule is C[C@H](NC(=O)COC(=O)CNC(=O)c1ccc(Cl)cc1Cl)c1ccco1. The molecule has 0 aliphatic rings. The number of hydrogen-bond donors (Lipinski definition) is 2. The summed E-state index contributed by atoms with van der Waals surface area (Å²) in [4.78, 5) is 35.3. The Morgan fingerprint density at radius 1 is 1.23 bits per heavy atom. The van der Waals surface area contributed by atoms with Gasteiger partial charge in [-0.2, -0.15) is 0 Å². The average molecular weight is 399 g/mol. The molecule has 2 aromatic rings. The lowest BCUT2D eigenvalue weighted by atomic mass is 10.2. The topological polar surface area (TPSA) is 97.6 Å². The Kier molecular flexibility index (Phi) is 7.06. The molecule has 138 valence electrons. The lowest BCUT2D eigenvalue weighted by molar-refractivity contribution is -0.147.